The number of hydrogen-bond acceptors (Lipinski definition) is 4. The van der Waals surface area contributed by atoms with Gasteiger partial charge in [0.25, 0.3) is 5.91 Å². The second-order valence-electron chi connectivity index (χ2n) is 10.1. The van der Waals surface area contributed by atoms with E-state index in [9.17, 15) is 9.59 Å². The Balaban J connectivity index is 1.30. The van der Waals surface area contributed by atoms with E-state index in [4.69, 9.17) is 4.98 Å². The molecule has 2 amide bonds. The highest BCUT2D eigenvalue weighted by atomic mass is 16.2. The molecule has 2 heterocycles. The van der Waals surface area contributed by atoms with Crippen molar-refractivity contribution in [3.8, 4) is 11.3 Å². The minimum absolute atomic E-state index is 0.00185. The number of nitrogens with zero attached hydrogens (tertiary/aromatic N) is 3. The third-order valence-corrected chi connectivity index (χ3v) is 7.52. The molecule has 5 rings (SSSR count). The van der Waals surface area contributed by atoms with Crippen LogP contribution in [0.5, 0.6) is 0 Å². The van der Waals surface area contributed by atoms with Crippen molar-refractivity contribution >= 4 is 28.4 Å². The maximum atomic E-state index is 13.9. The molecular formula is C33H36N4O2. The Hall–Kier alpha value is -4.03. The quantitative estimate of drug-likeness (QED) is 0.334. The summed E-state index contributed by atoms with van der Waals surface area (Å²) in [5.74, 6) is 0.0135. The van der Waals surface area contributed by atoms with Crippen LogP contribution in [-0.2, 0) is 17.6 Å². The number of fused-ring (bicyclic) bond motifs is 1. The van der Waals surface area contributed by atoms with Crippen molar-refractivity contribution in [3.63, 3.8) is 0 Å². The first-order valence-electron chi connectivity index (χ1n) is 13.9. The Morgan fingerprint density at radius 2 is 1.54 bits per heavy atom. The van der Waals surface area contributed by atoms with Gasteiger partial charge in [0.2, 0.25) is 5.91 Å². The van der Waals surface area contributed by atoms with E-state index in [1.807, 2.05) is 65.6 Å². The number of nitrogens with one attached hydrogen (secondary N) is 1. The molecule has 3 aromatic carbocycles. The number of amides is 2. The molecule has 0 atom stereocenters. The number of rotatable bonds is 7. The summed E-state index contributed by atoms with van der Waals surface area (Å²) in [5, 5.41) is 4.05. The Morgan fingerprint density at radius 1 is 0.821 bits per heavy atom. The lowest BCUT2D eigenvalue weighted by molar-refractivity contribution is -0.117. The summed E-state index contributed by atoms with van der Waals surface area (Å²) >= 11 is 0. The van der Waals surface area contributed by atoms with E-state index in [2.05, 4.69) is 42.3 Å². The highest BCUT2D eigenvalue weighted by Crippen LogP contribution is 2.26. The zero-order valence-corrected chi connectivity index (χ0v) is 22.8. The van der Waals surface area contributed by atoms with E-state index in [0.717, 1.165) is 64.8 Å². The fourth-order valence-corrected chi connectivity index (χ4v) is 5.40. The minimum Gasteiger partial charge on any atom is -0.337 e. The average molecular weight is 521 g/mol. The first kappa shape index (κ1) is 26.6. The summed E-state index contributed by atoms with van der Waals surface area (Å²) < 4.78 is 0. The monoisotopic (exact) mass is 520 g/mol. The molecule has 39 heavy (non-hydrogen) atoms. The Morgan fingerprint density at radius 3 is 2.28 bits per heavy atom. The molecule has 0 aliphatic carbocycles. The van der Waals surface area contributed by atoms with E-state index in [1.165, 1.54) is 0 Å². The predicted molar refractivity (Wildman–Crippen MR) is 158 cm³/mol. The van der Waals surface area contributed by atoms with Gasteiger partial charge in [-0.2, -0.15) is 0 Å². The minimum atomic E-state index is -0.00185. The maximum Gasteiger partial charge on any atom is 0.254 e. The normalized spacial score (nSPS) is 14.3. The molecule has 0 unspecified atom stereocenters. The van der Waals surface area contributed by atoms with Crippen LogP contribution < -0.4 is 5.32 Å². The molecule has 4 aromatic rings. The molecule has 1 aromatic heterocycles. The fourth-order valence-electron chi connectivity index (χ4n) is 5.40. The van der Waals surface area contributed by atoms with Crippen LogP contribution in [-0.4, -0.2) is 59.3 Å². The third-order valence-electron chi connectivity index (χ3n) is 7.52. The summed E-state index contributed by atoms with van der Waals surface area (Å²) in [6.07, 6.45) is 2.57. The number of para-hydroxylation sites is 2. The Labute approximate surface area is 230 Å². The van der Waals surface area contributed by atoms with Gasteiger partial charge in [-0.3, -0.25) is 14.5 Å². The van der Waals surface area contributed by atoms with Gasteiger partial charge in [-0.1, -0.05) is 80.6 Å². The van der Waals surface area contributed by atoms with Crippen molar-refractivity contribution in [2.75, 3.05) is 38.0 Å². The summed E-state index contributed by atoms with van der Waals surface area (Å²) in [7, 11) is 0. The molecule has 1 aliphatic rings. The van der Waals surface area contributed by atoms with Crippen molar-refractivity contribution in [3.05, 3.63) is 95.6 Å². The van der Waals surface area contributed by atoms with Crippen LogP contribution in [0.15, 0.2) is 78.9 Å². The standard InChI is InChI=1S/C33H36N4O2/c1-3-24-14-10-15-25(4-2)32(24)35-31(38)23-36-18-11-19-37(21-20-36)33(39)28-22-30(26-12-6-5-7-13-26)34-29-17-9-8-16-27(28)29/h5-10,12-17,22H,3-4,11,18-21,23H2,1-2H3,(H,35,38). The van der Waals surface area contributed by atoms with Gasteiger partial charge in [0.15, 0.2) is 0 Å². The van der Waals surface area contributed by atoms with Gasteiger partial charge >= 0.3 is 0 Å². The van der Waals surface area contributed by atoms with Crippen molar-refractivity contribution in [2.45, 2.75) is 33.1 Å². The average Bonchev–Trinajstić information content (AvgIpc) is 3.22. The number of carbonyl (C=O) groups excluding carboxylic acids is 2. The summed E-state index contributed by atoms with van der Waals surface area (Å²) in [4.78, 5) is 35.8. The molecule has 200 valence electrons. The van der Waals surface area contributed by atoms with E-state index in [0.29, 0.717) is 31.7 Å². The van der Waals surface area contributed by atoms with Crippen molar-refractivity contribution in [1.82, 2.24) is 14.8 Å². The van der Waals surface area contributed by atoms with Gasteiger partial charge in [0.1, 0.15) is 0 Å². The number of aryl methyl sites for hydroxylation is 2. The summed E-state index contributed by atoms with van der Waals surface area (Å²) in [6.45, 7) is 7.21. The topological polar surface area (TPSA) is 65.5 Å². The van der Waals surface area contributed by atoms with Crippen LogP contribution in [0.1, 0.15) is 41.8 Å². The SMILES string of the molecule is CCc1cccc(CC)c1NC(=O)CN1CCCN(C(=O)c2cc(-c3ccccc3)nc3ccccc23)CC1. The first-order chi connectivity index (χ1) is 19.1. The second kappa shape index (κ2) is 12.2. The largest absolute Gasteiger partial charge is 0.337 e. The zero-order chi connectivity index (χ0) is 27.2. The summed E-state index contributed by atoms with van der Waals surface area (Å²) in [6, 6.07) is 26.0. The van der Waals surface area contributed by atoms with E-state index >= 15 is 0 Å². The highest BCUT2D eigenvalue weighted by molar-refractivity contribution is 6.07. The molecule has 6 heteroatoms. The van der Waals surface area contributed by atoms with Crippen molar-refractivity contribution in [2.24, 2.45) is 0 Å². The molecule has 0 spiro atoms. The molecule has 1 N–H and O–H groups in total. The number of carbonyl (C=O) groups is 2. The van der Waals surface area contributed by atoms with Crippen LogP contribution in [0.25, 0.3) is 22.2 Å². The third kappa shape index (κ3) is 6.02. The number of anilines is 1. The van der Waals surface area contributed by atoms with Gasteiger partial charge in [-0.25, -0.2) is 4.98 Å². The van der Waals surface area contributed by atoms with Crippen molar-refractivity contribution < 1.29 is 9.59 Å². The first-order valence-corrected chi connectivity index (χ1v) is 13.9. The van der Waals surface area contributed by atoms with Gasteiger partial charge in [-0.05, 0) is 42.5 Å². The number of benzene rings is 3. The van der Waals surface area contributed by atoms with Crippen LogP contribution >= 0.6 is 0 Å². The molecular weight excluding hydrogens is 484 g/mol. The number of hydrogen-bond donors (Lipinski definition) is 1. The second-order valence-corrected chi connectivity index (χ2v) is 10.1. The molecule has 1 fully saturated rings. The predicted octanol–water partition coefficient (Wildman–Crippen LogP) is 5.81. The lowest BCUT2D eigenvalue weighted by Crippen LogP contribution is -2.38. The molecule has 1 aliphatic heterocycles. The van der Waals surface area contributed by atoms with Gasteiger partial charge in [0.05, 0.1) is 23.3 Å². The molecule has 6 nitrogen and oxygen atoms in total. The van der Waals surface area contributed by atoms with E-state index in [-0.39, 0.29) is 11.8 Å². The van der Waals surface area contributed by atoms with Crippen LogP contribution in [0.4, 0.5) is 5.69 Å². The molecule has 0 saturated carbocycles. The fraction of sp³-hybridized carbons (Fsp3) is 0.303. The zero-order valence-electron chi connectivity index (χ0n) is 22.8. The Kier molecular flexibility index (Phi) is 8.33. The van der Waals surface area contributed by atoms with Crippen LogP contribution in [0.2, 0.25) is 0 Å². The van der Waals surface area contributed by atoms with E-state index in [1.54, 1.807) is 0 Å². The Bertz CT molecular complexity index is 1450. The smallest absolute Gasteiger partial charge is 0.254 e. The van der Waals surface area contributed by atoms with Gasteiger partial charge in [0, 0.05) is 42.8 Å². The van der Waals surface area contributed by atoms with Crippen molar-refractivity contribution in [1.29, 1.82) is 0 Å². The molecule has 0 bridgehead atoms. The number of pyridine rings is 1. The van der Waals surface area contributed by atoms with Crippen LogP contribution in [0.3, 0.4) is 0 Å². The van der Waals surface area contributed by atoms with Gasteiger partial charge < -0.3 is 10.2 Å². The van der Waals surface area contributed by atoms with Crippen LogP contribution in [0, 0.1) is 0 Å². The highest BCUT2D eigenvalue weighted by Gasteiger charge is 2.24. The van der Waals surface area contributed by atoms with Gasteiger partial charge in [-0.15, -0.1) is 0 Å². The lowest BCUT2D eigenvalue weighted by atomic mass is 10.0. The lowest BCUT2D eigenvalue weighted by Gasteiger charge is -2.23. The number of aromatic nitrogens is 1. The maximum absolute atomic E-state index is 13.9. The van der Waals surface area contributed by atoms with E-state index < -0.39 is 0 Å². The molecule has 0 radical (unpaired) electrons. The summed E-state index contributed by atoms with van der Waals surface area (Å²) in [5.41, 5.74) is 6.55. The molecule has 1 saturated heterocycles.